The Morgan fingerprint density at radius 1 is 1.18 bits per heavy atom. The smallest absolute Gasteiger partial charge is 0.269 e. The van der Waals surface area contributed by atoms with Crippen molar-refractivity contribution < 1.29 is 14.3 Å². The molecule has 4 atom stereocenters. The standard InChI is InChI=1S/C20H27N5O3/c26-20(15-7-4-8-21-15)22-16-11-27-19-17(12-28-18(16)19)25-10-14(23-24-25)9-13-5-2-1-3-6-13/h4,7,10,13,16-19H,1-3,5-6,8-9,11-12H2,(H,22,26). The van der Waals surface area contributed by atoms with Gasteiger partial charge >= 0.3 is 0 Å². The summed E-state index contributed by atoms with van der Waals surface area (Å²) in [5, 5.41) is 11.8. The van der Waals surface area contributed by atoms with Crippen LogP contribution in [0.25, 0.3) is 0 Å². The Morgan fingerprint density at radius 2 is 2.04 bits per heavy atom. The number of carbonyl (C=O) groups excluding carboxylic acids is 1. The minimum Gasteiger partial charge on any atom is -0.371 e. The quantitative estimate of drug-likeness (QED) is 0.823. The van der Waals surface area contributed by atoms with E-state index in [0.717, 1.165) is 18.0 Å². The number of carbonyl (C=O) groups is 1. The van der Waals surface area contributed by atoms with Crippen molar-refractivity contribution in [3.8, 4) is 0 Å². The second-order valence-corrected chi connectivity index (χ2v) is 8.27. The summed E-state index contributed by atoms with van der Waals surface area (Å²) in [6.07, 6.45) is 13.1. The maximum atomic E-state index is 12.3. The van der Waals surface area contributed by atoms with Gasteiger partial charge in [-0.05, 0) is 18.4 Å². The molecule has 1 saturated carbocycles. The fourth-order valence-electron chi connectivity index (χ4n) is 4.84. The van der Waals surface area contributed by atoms with E-state index in [9.17, 15) is 4.79 Å². The number of nitrogens with one attached hydrogen (secondary N) is 1. The van der Waals surface area contributed by atoms with E-state index in [1.165, 1.54) is 32.1 Å². The molecule has 2 saturated heterocycles. The topological polar surface area (TPSA) is 90.6 Å². The van der Waals surface area contributed by atoms with Crippen molar-refractivity contribution in [2.45, 2.75) is 62.8 Å². The number of ether oxygens (including phenoxy) is 2. The lowest BCUT2D eigenvalue weighted by Gasteiger charge is -2.20. The fourth-order valence-corrected chi connectivity index (χ4v) is 4.84. The average Bonchev–Trinajstić information content (AvgIpc) is 3.49. The van der Waals surface area contributed by atoms with E-state index in [4.69, 9.17) is 9.47 Å². The first kappa shape index (κ1) is 18.0. The lowest BCUT2D eigenvalue weighted by Crippen LogP contribution is -2.46. The van der Waals surface area contributed by atoms with E-state index >= 15 is 0 Å². The van der Waals surface area contributed by atoms with Gasteiger partial charge in [-0.15, -0.1) is 5.10 Å². The van der Waals surface area contributed by atoms with Gasteiger partial charge in [-0.1, -0.05) is 43.4 Å². The summed E-state index contributed by atoms with van der Waals surface area (Å²) >= 11 is 0. The normalized spacial score (nSPS) is 32.5. The molecule has 4 aliphatic rings. The van der Waals surface area contributed by atoms with Gasteiger partial charge in [0.1, 0.15) is 24.0 Å². The summed E-state index contributed by atoms with van der Waals surface area (Å²) < 4.78 is 13.9. The Bertz CT molecular complexity index is 783. The SMILES string of the molecule is O=C(NC1COC2C1OCC2n1cc(CC2CCCCC2)nn1)C1=NCC=C1. The maximum absolute atomic E-state index is 12.3. The molecule has 5 rings (SSSR count). The van der Waals surface area contributed by atoms with E-state index < -0.39 is 0 Å². The van der Waals surface area contributed by atoms with Crippen LogP contribution < -0.4 is 5.32 Å². The van der Waals surface area contributed by atoms with E-state index in [2.05, 4.69) is 26.8 Å². The molecule has 0 radical (unpaired) electrons. The molecule has 0 aromatic carbocycles. The minimum absolute atomic E-state index is 0.00299. The van der Waals surface area contributed by atoms with Crippen LogP contribution in [0.4, 0.5) is 0 Å². The molecular formula is C20H27N5O3. The van der Waals surface area contributed by atoms with Gasteiger partial charge in [0.25, 0.3) is 5.91 Å². The van der Waals surface area contributed by atoms with Gasteiger partial charge in [-0.2, -0.15) is 0 Å². The molecule has 4 heterocycles. The number of nitrogens with zero attached hydrogens (tertiary/aromatic N) is 4. The average molecular weight is 385 g/mol. The summed E-state index contributed by atoms with van der Waals surface area (Å²) in [7, 11) is 0. The van der Waals surface area contributed by atoms with E-state index in [0.29, 0.717) is 25.5 Å². The van der Waals surface area contributed by atoms with Crippen molar-refractivity contribution in [1.29, 1.82) is 0 Å². The van der Waals surface area contributed by atoms with Crippen LogP contribution >= 0.6 is 0 Å². The molecule has 3 aliphatic heterocycles. The van der Waals surface area contributed by atoms with Gasteiger partial charge in [0.05, 0.1) is 31.5 Å². The minimum atomic E-state index is -0.163. The Morgan fingerprint density at radius 3 is 2.86 bits per heavy atom. The Labute approximate surface area is 164 Å². The third kappa shape index (κ3) is 3.51. The third-order valence-corrected chi connectivity index (χ3v) is 6.34. The number of fused-ring (bicyclic) bond motifs is 1. The molecule has 8 nitrogen and oxygen atoms in total. The summed E-state index contributed by atoms with van der Waals surface area (Å²) in [6.45, 7) is 1.54. The van der Waals surface area contributed by atoms with Crippen LogP contribution in [0.2, 0.25) is 0 Å². The van der Waals surface area contributed by atoms with Crippen molar-refractivity contribution in [1.82, 2.24) is 20.3 Å². The van der Waals surface area contributed by atoms with Crippen LogP contribution in [-0.4, -0.2) is 64.6 Å². The highest BCUT2D eigenvalue weighted by atomic mass is 16.6. The van der Waals surface area contributed by atoms with Crippen LogP contribution in [0.3, 0.4) is 0 Å². The number of rotatable bonds is 5. The fraction of sp³-hybridized carbons (Fsp3) is 0.700. The summed E-state index contributed by atoms with van der Waals surface area (Å²) in [5.74, 6) is 0.576. The molecule has 28 heavy (non-hydrogen) atoms. The van der Waals surface area contributed by atoms with E-state index in [-0.39, 0.29) is 30.2 Å². The van der Waals surface area contributed by atoms with Crippen molar-refractivity contribution in [3.05, 3.63) is 24.0 Å². The van der Waals surface area contributed by atoms with Gasteiger partial charge < -0.3 is 14.8 Å². The number of aliphatic imine (C=N–C) groups is 1. The van der Waals surface area contributed by atoms with Gasteiger partial charge in [-0.25, -0.2) is 4.68 Å². The first-order valence-electron chi connectivity index (χ1n) is 10.4. The van der Waals surface area contributed by atoms with E-state index in [1.807, 2.05) is 10.8 Å². The number of hydrogen-bond donors (Lipinski definition) is 1. The molecule has 1 N–H and O–H groups in total. The van der Waals surface area contributed by atoms with Crippen LogP contribution in [0, 0.1) is 5.92 Å². The predicted molar refractivity (Wildman–Crippen MR) is 102 cm³/mol. The molecule has 0 spiro atoms. The highest BCUT2D eigenvalue weighted by Gasteiger charge is 2.49. The molecule has 4 unspecified atom stereocenters. The van der Waals surface area contributed by atoms with Gasteiger partial charge in [-0.3, -0.25) is 9.79 Å². The van der Waals surface area contributed by atoms with Crippen molar-refractivity contribution in [3.63, 3.8) is 0 Å². The zero-order valence-electron chi connectivity index (χ0n) is 16.0. The second-order valence-electron chi connectivity index (χ2n) is 8.27. The monoisotopic (exact) mass is 385 g/mol. The molecular weight excluding hydrogens is 358 g/mol. The molecule has 1 aliphatic carbocycles. The summed E-state index contributed by atoms with van der Waals surface area (Å²) in [4.78, 5) is 16.5. The zero-order chi connectivity index (χ0) is 18.9. The Balaban J connectivity index is 1.20. The van der Waals surface area contributed by atoms with E-state index in [1.54, 1.807) is 6.08 Å². The van der Waals surface area contributed by atoms with Crippen LogP contribution in [0.1, 0.15) is 43.8 Å². The van der Waals surface area contributed by atoms with Gasteiger partial charge in [0, 0.05) is 6.20 Å². The molecule has 1 aromatic heterocycles. The first-order chi connectivity index (χ1) is 13.8. The molecule has 1 aromatic rings. The predicted octanol–water partition coefficient (Wildman–Crippen LogP) is 1.24. The highest BCUT2D eigenvalue weighted by Crippen LogP contribution is 2.34. The second kappa shape index (κ2) is 7.75. The molecule has 1 amide bonds. The van der Waals surface area contributed by atoms with Gasteiger partial charge in [0.15, 0.2) is 0 Å². The molecule has 8 heteroatoms. The lowest BCUT2D eigenvalue weighted by molar-refractivity contribution is -0.116. The summed E-state index contributed by atoms with van der Waals surface area (Å²) in [5.41, 5.74) is 1.53. The van der Waals surface area contributed by atoms with Crippen LogP contribution in [-0.2, 0) is 20.7 Å². The summed E-state index contributed by atoms with van der Waals surface area (Å²) in [6, 6.07) is -0.160. The van der Waals surface area contributed by atoms with Crippen molar-refractivity contribution in [2.75, 3.05) is 19.8 Å². The maximum Gasteiger partial charge on any atom is 0.269 e. The Hall–Kier alpha value is -2.06. The molecule has 150 valence electrons. The zero-order valence-corrected chi connectivity index (χ0v) is 16.0. The first-order valence-corrected chi connectivity index (χ1v) is 10.4. The van der Waals surface area contributed by atoms with Crippen molar-refractivity contribution in [2.24, 2.45) is 10.9 Å². The molecule has 0 bridgehead atoms. The number of amides is 1. The van der Waals surface area contributed by atoms with Gasteiger partial charge in [0.2, 0.25) is 0 Å². The van der Waals surface area contributed by atoms with Crippen molar-refractivity contribution >= 4 is 11.6 Å². The van der Waals surface area contributed by atoms with Crippen LogP contribution in [0.5, 0.6) is 0 Å². The largest absolute Gasteiger partial charge is 0.371 e. The number of aromatic nitrogens is 3. The molecule has 3 fully saturated rings. The third-order valence-electron chi connectivity index (χ3n) is 6.34. The number of hydrogen-bond acceptors (Lipinski definition) is 6. The lowest BCUT2D eigenvalue weighted by atomic mass is 9.86. The van der Waals surface area contributed by atoms with Crippen LogP contribution in [0.15, 0.2) is 23.3 Å². The highest BCUT2D eigenvalue weighted by molar-refractivity contribution is 6.43. The Kier molecular flexibility index (Phi) is 4.98.